The number of aliphatic carboxylic acids is 3. The smallest absolute Gasteiger partial charge is 0.326 e. The lowest BCUT2D eigenvalue weighted by Gasteiger charge is -2.31. The van der Waals surface area contributed by atoms with Crippen molar-refractivity contribution < 1.29 is 107 Å². The summed E-state index contributed by atoms with van der Waals surface area (Å²) in [5.41, 5.74) is 14.0. The van der Waals surface area contributed by atoms with Gasteiger partial charge >= 0.3 is 17.9 Å². The molecule has 2 aliphatic rings. The fourth-order valence-corrected chi connectivity index (χ4v) is 16.1. The highest BCUT2D eigenvalue weighted by Crippen LogP contribution is 2.27. The number of guanidine groups is 1. The average Bonchev–Trinajstić information content (AvgIpc) is 1.62. The van der Waals surface area contributed by atoms with E-state index in [9.17, 15) is 82.8 Å². The zero-order valence-corrected chi connectivity index (χ0v) is 78.1. The molecule has 0 unspecified atom stereocenters. The Morgan fingerprint density at radius 2 is 0.925 bits per heavy atom. The number of benzene rings is 3. The first-order valence-electron chi connectivity index (χ1n) is 44.5. The summed E-state index contributed by atoms with van der Waals surface area (Å²) in [4.78, 5) is 261. The molecular weight excluding hydrogens is 1780 g/mol. The number of aromatic hydroxyl groups is 1. The molecule has 16 atom stereocenters. The average molecular weight is 1910 g/mol. The number of aromatic nitrogens is 2. The number of carboxylic acid groups (broad SMARTS) is 3. The van der Waals surface area contributed by atoms with Crippen molar-refractivity contribution in [2.24, 2.45) is 35.1 Å². The predicted molar refractivity (Wildman–Crippen MR) is 497 cm³/mol. The van der Waals surface area contributed by atoms with Crippen molar-refractivity contribution in [3.05, 3.63) is 102 Å². The number of amides is 15. The lowest BCUT2D eigenvalue weighted by Crippen LogP contribution is -2.62. The molecule has 0 bridgehead atoms. The number of thiol groups is 2. The quantitative estimate of drug-likeness (QED) is 0.00921. The van der Waals surface area contributed by atoms with Crippen molar-refractivity contribution in [3.63, 3.8) is 0 Å². The van der Waals surface area contributed by atoms with Crippen molar-refractivity contribution in [1.82, 2.24) is 94.2 Å². The van der Waals surface area contributed by atoms with E-state index in [-0.39, 0.29) is 107 Å². The van der Waals surface area contributed by atoms with Crippen LogP contribution in [0.3, 0.4) is 0 Å². The lowest BCUT2D eigenvalue weighted by atomic mass is 9.95. The van der Waals surface area contributed by atoms with E-state index in [1.54, 1.807) is 102 Å². The first-order chi connectivity index (χ1) is 63.4. The van der Waals surface area contributed by atoms with Crippen LogP contribution >= 0.6 is 25.3 Å². The van der Waals surface area contributed by atoms with Gasteiger partial charge in [-0.25, -0.2) is 4.79 Å². The van der Waals surface area contributed by atoms with E-state index < -0.39 is 241 Å². The molecule has 4 heterocycles. The van der Waals surface area contributed by atoms with Gasteiger partial charge in [-0.3, -0.25) is 86.9 Å². The number of hydrogen-bond acceptors (Lipinski definition) is 23. The second-order valence-electron chi connectivity index (χ2n) is 34.8. The van der Waals surface area contributed by atoms with Crippen LogP contribution in [-0.4, -0.2) is 281 Å². The van der Waals surface area contributed by atoms with Crippen molar-refractivity contribution in [1.29, 1.82) is 5.41 Å². The number of carboxylic acids is 3. The van der Waals surface area contributed by atoms with Gasteiger partial charge in [0.2, 0.25) is 88.6 Å². The molecular formula is C89H127N21O22S2. The third-order valence-corrected chi connectivity index (χ3v) is 23.7. The molecule has 3 aromatic carbocycles. The molecule has 732 valence electrons. The Kier molecular flexibility index (Phi) is 41.7. The summed E-state index contributed by atoms with van der Waals surface area (Å²) >= 11 is 8.57. The third kappa shape index (κ3) is 32.1. The number of likely N-dealkylation sites (tertiary alicyclic amines) is 2. The molecule has 15 amide bonds. The van der Waals surface area contributed by atoms with Crippen molar-refractivity contribution in [3.8, 4) is 5.75 Å². The van der Waals surface area contributed by atoms with E-state index in [1.807, 2.05) is 13.8 Å². The second kappa shape index (κ2) is 51.8. The summed E-state index contributed by atoms with van der Waals surface area (Å²) in [5, 5.41) is 85.0. The van der Waals surface area contributed by atoms with Crippen LogP contribution in [0.1, 0.15) is 150 Å². The highest BCUT2D eigenvalue weighted by atomic mass is 32.1. The third-order valence-electron chi connectivity index (χ3n) is 23.0. The Bertz CT molecular complexity index is 5030. The zero-order valence-electron chi connectivity index (χ0n) is 76.3. The Morgan fingerprint density at radius 3 is 1.45 bits per heavy atom. The molecule has 25 N–H and O–H groups in total. The molecule has 0 aliphatic carbocycles. The largest absolute Gasteiger partial charge is 0.508 e. The van der Waals surface area contributed by atoms with Crippen LogP contribution in [-0.2, 0) is 106 Å². The minimum absolute atomic E-state index is 0.0184. The van der Waals surface area contributed by atoms with Crippen LogP contribution in [0.4, 0.5) is 0 Å². The topological polar surface area (TPSA) is 671 Å². The highest BCUT2D eigenvalue weighted by Gasteiger charge is 2.45. The Morgan fingerprint density at radius 1 is 0.478 bits per heavy atom. The number of nitrogens with zero attached hydrogens (tertiary/aromatic N) is 2. The molecule has 7 rings (SSSR count). The number of para-hydroxylation sites is 2. The van der Waals surface area contributed by atoms with Gasteiger partial charge in [-0.2, -0.15) is 25.3 Å². The summed E-state index contributed by atoms with van der Waals surface area (Å²) < 4.78 is 0. The number of fused-ring (bicyclic) bond motifs is 2. The van der Waals surface area contributed by atoms with Crippen LogP contribution in [0.2, 0.25) is 0 Å². The monoisotopic (exact) mass is 1910 g/mol. The number of nitrogens with one attached hydrogen (secondary N) is 17. The van der Waals surface area contributed by atoms with Crippen LogP contribution in [0, 0.1) is 29.1 Å². The number of aromatic amines is 2. The van der Waals surface area contributed by atoms with Gasteiger partial charge in [0.25, 0.3) is 0 Å². The molecule has 2 fully saturated rings. The number of phenols is 1. The summed E-state index contributed by atoms with van der Waals surface area (Å²) in [7, 11) is 0. The summed E-state index contributed by atoms with van der Waals surface area (Å²) in [6.45, 7) is 14.2. The normalized spacial score (nSPS) is 16.8. The van der Waals surface area contributed by atoms with Crippen LogP contribution < -0.4 is 85.9 Å². The molecule has 0 radical (unpaired) electrons. The minimum atomic E-state index is -2.01. The number of carbonyl (C=O) groups is 18. The van der Waals surface area contributed by atoms with Crippen molar-refractivity contribution in [2.75, 3.05) is 37.7 Å². The van der Waals surface area contributed by atoms with Gasteiger partial charge in [-0.1, -0.05) is 110 Å². The summed E-state index contributed by atoms with van der Waals surface area (Å²) in [6, 6.07) is -2.92. The molecule has 2 aliphatic heterocycles. The number of hydrogen-bond donors (Lipinski definition) is 25. The maximum atomic E-state index is 15.5. The maximum absolute atomic E-state index is 15.5. The van der Waals surface area contributed by atoms with Gasteiger partial charge in [0.15, 0.2) is 5.96 Å². The van der Waals surface area contributed by atoms with Gasteiger partial charge in [0, 0.05) is 84.6 Å². The molecule has 2 aromatic heterocycles. The van der Waals surface area contributed by atoms with E-state index >= 15 is 24.0 Å². The first kappa shape index (κ1) is 108. The van der Waals surface area contributed by atoms with Crippen molar-refractivity contribution >= 4 is 160 Å². The maximum Gasteiger partial charge on any atom is 0.326 e. The summed E-state index contributed by atoms with van der Waals surface area (Å²) in [5.74, 6) is -21.4. The fraction of sp³-hybridized carbons (Fsp3) is 0.539. The van der Waals surface area contributed by atoms with E-state index in [4.69, 9.17) is 16.9 Å². The van der Waals surface area contributed by atoms with Crippen molar-refractivity contribution in [2.45, 2.75) is 243 Å². The number of H-pyrrole nitrogens is 2. The molecule has 43 nitrogen and oxygen atoms in total. The van der Waals surface area contributed by atoms with Crippen LogP contribution in [0.25, 0.3) is 21.8 Å². The molecule has 45 heteroatoms. The van der Waals surface area contributed by atoms with E-state index in [0.29, 0.717) is 51.3 Å². The molecule has 0 spiro atoms. The van der Waals surface area contributed by atoms with Gasteiger partial charge in [0.05, 0.1) is 25.4 Å². The van der Waals surface area contributed by atoms with Gasteiger partial charge in [-0.05, 0) is 123 Å². The number of nitrogens with two attached hydrogens (primary N) is 2. The molecule has 0 saturated carbocycles. The molecule has 5 aromatic rings. The molecule has 134 heavy (non-hydrogen) atoms. The van der Waals surface area contributed by atoms with Gasteiger partial charge in [-0.15, -0.1) is 0 Å². The predicted octanol–water partition coefficient (Wildman–Crippen LogP) is -1.40. The SMILES string of the molecule is CC[C@H](C)[C@H](NC(=O)[C@H](Cc1c[nH]c2ccccc12)NC(=O)[C@@H]1CCCN1C(=O)[C@H](CC(=O)O)NC(=O)[C@H](CS)NC(=O)CNC(=O)[C@H](CCCNC(=N)N)NC(=O)[C@@H](N)CC(C)C)C(=O)N[C@@H](Cc1c[nH]c2ccccc12)C(=O)N[C@@H](Cc1ccc(O)cc1)C(=O)N[C@@H](CC(=O)O)C(=O)N[C@@H](CC(C)C)C(=O)N[C@@H](CS)C(=O)N1CCC[C@H]1C(=O)N[C@@H](C)C(=O)N[C@H](C(=O)O)C(C)C. The van der Waals surface area contributed by atoms with E-state index in [0.717, 1.165) is 4.90 Å². The number of rotatable bonds is 52. The van der Waals surface area contributed by atoms with Crippen LogP contribution in [0.5, 0.6) is 5.75 Å². The highest BCUT2D eigenvalue weighted by molar-refractivity contribution is 7.80. The Hall–Kier alpha value is -13.1. The zero-order chi connectivity index (χ0) is 99.1. The Labute approximate surface area is 785 Å². The molecule has 2 saturated heterocycles. The summed E-state index contributed by atoms with van der Waals surface area (Å²) in [6.07, 6.45) is 1.19. The first-order valence-corrected chi connectivity index (χ1v) is 45.8. The standard InChI is InChI=1S/C89H127N21O22S2/c1-10-47(8)73(108-81(124)62(36-51-40-95-57-21-14-12-19-54(51)57)103-84(127)68-24-17-30-109(68)86(129)64(38-71(115)116)105-82(125)65(42-133)98-69(112)41-96-76(119)58(22-15-29-93-89(91)92)99-75(118)55(90)32-44(2)3)85(128)104-61(35-50-39-94-56-20-13-11-18-53(50)56)79(122)101-60(34-49-25-27-52(111)28-26-49)78(121)102-63(37-70(113)114)80(123)100-59(33-45(4)5)77(120)106-66(43-134)87(130)110-31-16-23-67(110)83(126)97-48(9)74(117)107-72(46(6)7)88(131)132/h11-14,18-21,25-28,39-40,44-48,55,58-68,72-73,94-95,111,133-134H,10,15-17,22-24,29-38,41-43,90H2,1-9H3,(H,96,119)(H,97,126)(H,98,112)(H,99,118)(H,100,123)(H,101,122)(H,102,121)(H,103,127)(H,104,128)(H,105,125)(H,106,120)(H,107,117)(H,108,124)(H,113,114)(H,115,116)(H,131,132)(H4,91,92,93)/t47-,48-,55-,58-,59-,60-,61-,62-,63-,64-,65-,66-,67-,68-,72-,73-/m0/s1. The Balaban J connectivity index is 1.11. The second-order valence-corrected chi connectivity index (χ2v) is 35.5. The van der Waals surface area contributed by atoms with Crippen LogP contribution in [0.15, 0.2) is 85.2 Å². The minimum Gasteiger partial charge on any atom is -0.508 e. The van der Waals surface area contributed by atoms with E-state index in [1.165, 1.54) is 36.1 Å². The number of carbonyl (C=O) groups excluding carboxylic acids is 15. The lowest BCUT2D eigenvalue weighted by molar-refractivity contribution is -0.146. The fourth-order valence-electron chi connectivity index (χ4n) is 15.6. The van der Waals surface area contributed by atoms with Gasteiger partial charge in [0.1, 0.15) is 90.3 Å². The van der Waals surface area contributed by atoms with Gasteiger partial charge < -0.3 is 126 Å². The van der Waals surface area contributed by atoms with E-state index in [2.05, 4.69) is 110 Å². The number of phenolic OH excluding ortho intramolecular Hbond substituents is 1.